The second-order valence-electron chi connectivity index (χ2n) is 9.38. The molecule has 5 aromatic rings. The molecular formula is C27H24F3N7O2. The van der Waals surface area contributed by atoms with Crippen LogP contribution in [0.5, 0.6) is 5.75 Å². The number of piperidine rings is 1. The van der Waals surface area contributed by atoms with E-state index in [1.54, 1.807) is 11.1 Å². The number of amides is 2. The summed E-state index contributed by atoms with van der Waals surface area (Å²) in [6.45, 7) is 0.978. The number of urea groups is 1. The van der Waals surface area contributed by atoms with Crippen LogP contribution in [0.2, 0.25) is 0 Å². The molecule has 2 amide bonds. The third kappa shape index (κ3) is 4.92. The summed E-state index contributed by atoms with van der Waals surface area (Å²) in [5, 5.41) is 3.80. The first-order chi connectivity index (χ1) is 18.7. The maximum atomic E-state index is 12.8. The van der Waals surface area contributed by atoms with Gasteiger partial charge < -0.3 is 25.7 Å². The van der Waals surface area contributed by atoms with E-state index in [4.69, 9.17) is 10.7 Å². The van der Waals surface area contributed by atoms with Gasteiger partial charge in [0.25, 0.3) is 0 Å². The molecule has 0 unspecified atom stereocenters. The van der Waals surface area contributed by atoms with Gasteiger partial charge in [-0.15, -0.1) is 13.2 Å². The van der Waals surface area contributed by atoms with Gasteiger partial charge in [-0.25, -0.2) is 14.8 Å². The summed E-state index contributed by atoms with van der Waals surface area (Å²) >= 11 is 0. The van der Waals surface area contributed by atoms with Gasteiger partial charge in [0.1, 0.15) is 28.6 Å². The van der Waals surface area contributed by atoms with Gasteiger partial charge in [0, 0.05) is 48.0 Å². The van der Waals surface area contributed by atoms with Crippen molar-refractivity contribution in [3.8, 4) is 17.1 Å². The molecule has 0 spiro atoms. The number of fused-ring (bicyclic) bond motifs is 2. The number of nitrogen functional groups attached to an aromatic ring is 1. The third-order valence-electron chi connectivity index (χ3n) is 6.88. The number of carbonyl (C=O) groups is 1. The highest BCUT2D eigenvalue weighted by Crippen LogP contribution is 2.35. The first-order valence-corrected chi connectivity index (χ1v) is 12.4. The third-order valence-corrected chi connectivity index (χ3v) is 6.88. The van der Waals surface area contributed by atoms with Crippen LogP contribution in [-0.2, 0) is 0 Å². The Morgan fingerprint density at radius 2 is 1.85 bits per heavy atom. The zero-order valence-corrected chi connectivity index (χ0v) is 20.6. The van der Waals surface area contributed by atoms with Crippen LogP contribution in [-0.4, -0.2) is 49.7 Å². The Balaban J connectivity index is 1.18. The van der Waals surface area contributed by atoms with Crippen LogP contribution >= 0.6 is 0 Å². The highest BCUT2D eigenvalue weighted by molar-refractivity contribution is 5.91. The summed E-state index contributed by atoms with van der Waals surface area (Å²) in [5.74, 6) is 0.970. The molecule has 0 bridgehead atoms. The van der Waals surface area contributed by atoms with Crippen molar-refractivity contribution in [3.05, 3.63) is 72.8 Å². The van der Waals surface area contributed by atoms with Crippen LogP contribution in [0, 0.1) is 0 Å². The van der Waals surface area contributed by atoms with Gasteiger partial charge in [0.05, 0.1) is 5.69 Å². The molecule has 1 aliphatic heterocycles. The number of halogens is 3. The molecule has 4 heterocycles. The van der Waals surface area contributed by atoms with E-state index in [0.29, 0.717) is 37.4 Å². The molecule has 1 saturated heterocycles. The number of nitrogens with zero attached hydrogens (tertiary/aromatic N) is 4. The average Bonchev–Trinajstić information content (AvgIpc) is 3.52. The van der Waals surface area contributed by atoms with E-state index in [2.05, 4.69) is 20.0 Å². The lowest BCUT2D eigenvalue weighted by Crippen LogP contribution is -2.40. The molecule has 1 aliphatic rings. The van der Waals surface area contributed by atoms with E-state index in [9.17, 15) is 18.0 Å². The van der Waals surface area contributed by atoms with Crippen molar-refractivity contribution >= 4 is 34.0 Å². The van der Waals surface area contributed by atoms with Crippen LogP contribution in [0.25, 0.3) is 27.8 Å². The fraction of sp³-hybridized carbons (Fsp3) is 0.222. The molecule has 2 aromatic carbocycles. The number of imidazole rings is 1. The van der Waals surface area contributed by atoms with Crippen molar-refractivity contribution in [1.29, 1.82) is 0 Å². The highest BCUT2D eigenvalue weighted by atomic mass is 19.4. The number of carbonyl (C=O) groups excluding carboxylic acids is 1. The maximum Gasteiger partial charge on any atom is 0.573 e. The number of para-hydroxylation sites is 1. The molecule has 12 heteroatoms. The Labute approximate surface area is 220 Å². The molecule has 0 aliphatic carbocycles. The van der Waals surface area contributed by atoms with Crippen LogP contribution in [0.4, 0.5) is 29.5 Å². The fourth-order valence-electron chi connectivity index (χ4n) is 5.05. The highest BCUT2D eigenvalue weighted by Gasteiger charge is 2.31. The number of nitrogens with two attached hydrogens (primary N) is 1. The van der Waals surface area contributed by atoms with Gasteiger partial charge in [-0.2, -0.15) is 0 Å². The Hall–Kier alpha value is -4.74. The van der Waals surface area contributed by atoms with Gasteiger partial charge in [0.2, 0.25) is 0 Å². The van der Waals surface area contributed by atoms with Gasteiger partial charge in [-0.05, 0) is 49.2 Å². The number of aromatic nitrogens is 4. The molecule has 39 heavy (non-hydrogen) atoms. The number of rotatable bonds is 4. The lowest BCUT2D eigenvalue weighted by molar-refractivity contribution is -0.274. The van der Waals surface area contributed by atoms with Crippen LogP contribution in [0.3, 0.4) is 0 Å². The first-order valence-electron chi connectivity index (χ1n) is 12.4. The first kappa shape index (κ1) is 24.6. The molecule has 3 aromatic heterocycles. The number of hydrogen-bond donors (Lipinski definition) is 3. The smallest absolute Gasteiger partial charge is 0.406 e. The normalized spacial score (nSPS) is 14.7. The number of ether oxygens (including phenoxy) is 1. The summed E-state index contributed by atoms with van der Waals surface area (Å²) in [4.78, 5) is 27.2. The topological polar surface area (TPSA) is 114 Å². The second kappa shape index (κ2) is 9.53. The molecule has 200 valence electrons. The van der Waals surface area contributed by atoms with E-state index >= 15 is 0 Å². The largest absolute Gasteiger partial charge is 0.573 e. The van der Waals surface area contributed by atoms with Gasteiger partial charge in [-0.3, -0.25) is 4.40 Å². The van der Waals surface area contributed by atoms with Crippen molar-refractivity contribution in [3.63, 3.8) is 0 Å². The minimum atomic E-state index is -4.77. The number of hydrogen-bond acceptors (Lipinski definition) is 5. The molecular weight excluding hydrogens is 511 g/mol. The molecule has 6 rings (SSSR count). The molecule has 0 saturated carbocycles. The molecule has 0 radical (unpaired) electrons. The Morgan fingerprint density at radius 3 is 2.56 bits per heavy atom. The number of alkyl halides is 3. The number of H-pyrrole nitrogens is 1. The zero-order chi connectivity index (χ0) is 27.1. The van der Waals surface area contributed by atoms with E-state index in [1.807, 2.05) is 40.9 Å². The minimum absolute atomic E-state index is 0.0836. The van der Waals surface area contributed by atoms with Crippen molar-refractivity contribution in [2.24, 2.45) is 0 Å². The monoisotopic (exact) mass is 535 g/mol. The van der Waals surface area contributed by atoms with Crippen molar-refractivity contribution in [2.75, 3.05) is 24.1 Å². The van der Waals surface area contributed by atoms with E-state index in [0.717, 1.165) is 45.8 Å². The molecule has 0 atom stereocenters. The fourth-order valence-corrected chi connectivity index (χ4v) is 5.05. The number of likely N-dealkylation sites (tertiary alicyclic amines) is 1. The summed E-state index contributed by atoms with van der Waals surface area (Å²) < 4.78 is 43.0. The molecule has 1 fully saturated rings. The van der Waals surface area contributed by atoms with Gasteiger partial charge >= 0.3 is 12.4 Å². The van der Waals surface area contributed by atoms with Crippen LogP contribution in [0.1, 0.15) is 24.6 Å². The number of benzene rings is 2. The average molecular weight is 536 g/mol. The van der Waals surface area contributed by atoms with E-state index in [1.165, 1.54) is 12.1 Å². The number of nitrogens with one attached hydrogen (secondary N) is 2. The summed E-state index contributed by atoms with van der Waals surface area (Å²) in [6, 6.07) is 14.8. The quantitative estimate of drug-likeness (QED) is 0.270. The van der Waals surface area contributed by atoms with Crippen molar-refractivity contribution in [2.45, 2.75) is 25.1 Å². The summed E-state index contributed by atoms with van der Waals surface area (Å²) in [7, 11) is 0. The Morgan fingerprint density at radius 1 is 1.10 bits per heavy atom. The molecule has 4 N–H and O–H groups in total. The van der Waals surface area contributed by atoms with Gasteiger partial charge in [-0.1, -0.05) is 18.2 Å². The van der Waals surface area contributed by atoms with E-state index in [-0.39, 0.29) is 17.7 Å². The predicted molar refractivity (Wildman–Crippen MR) is 140 cm³/mol. The molecule has 9 nitrogen and oxygen atoms in total. The predicted octanol–water partition coefficient (Wildman–Crippen LogP) is 5.77. The summed E-state index contributed by atoms with van der Waals surface area (Å²) in [5.41, 5.74) is 9.98. The lowest BCUT2D eigenvalue weighted by Gasteiger charge is -2.31. The maximum absolute atomic E-state index is 12.8. The second-order valence-corrected chi connectivity index (χ2v) is 9.38. The van der Waals surface area contributed by atoms with Gasteiger partial charge in [0.15, 0.2) is 0 Å². The number of aromatic amines is 1. The zero-order valence-electron chi connectivity index (χ0n) is 20.6. The number of anilines is 2. The minimum Gasteiger partial charge on any atom is -0.406 e. The van der Waals surface area contributed by atoms with Crippen molar-refractivity contribution < 1.29 is 22.7 Å². The Kier molecular flexibility index (Phi) is 6.01. The lowest BCUT2D eigenvalue weighted by atomic mass is 9.96. The summed E-state index contributed by atoms with van der Waals surface area (Å²) in [6.07, 6.45) is 0.0912. The standard InChI is InChI=1S/C27H24F3N7O2/c28-27(29,30)39-19-7-5-18(6-8-19)33-26(38)36-12-9-16(10-13-36)25-35-22(23-24(31)32-11-14-37(23)25)21-15-17-3-1-2-4-20(17)34-21/h1-8,11,14-16,34H,9-10,12-13H2,(H2,31,32)(H,33,38). The van der Waals surface area contributed by atoms with Crippen molar-refractivity contribution in [1.82, 2.24) is 24.3 Å². The van der Waals surface area contributed by atoms with Crippen LogP contribution < -0.4 is 15.8 Å². The van der Waals surface area contributed by atoms with Crippen LogP contribution in [0.15, 0.2) is 67.0 Å². The van der Waals surface area contributed by atoms with E-state index < -0.39 is 6.36 Å². The Bertz CT molecular complexity index is 1620. The SMILES string of the molecule is Nc1nccn2c(C3CCN(C(=O)Nc4ccc(OC(F)(F)F)cc4)CC3)nc(-c3cc4ccccc4[nH]3)c12.